The zero-order chi connectivity index (χ0) is 16.9. The Balaban J connectivity index is 2.74. The first-order valence-corrected chi connectivity index (χ1v) is 12.0. The second kappa shape index (κ2) is 14.0. The third-order valence-corrected chi connectivity index (χ3v) is 4.02. The Kier molecular flexibility index (Phi) is 13.2. The SMILES string of the molecule is NCCCCCNCc1cc(OCI)c(OCI)c(OCI)c1. The van der Waals surface area contributed by atoms with Gasteiger partial charge in [0.25, 0.3) is 0 Å². The van der Waals surface area contributed by atoms with Crippen LogP contribution in [0, 0.1) is 0 Å². The molecule has 0 aliphatic rings. The Bertz CT molecular complexity index is 423. The second-order valence-corrected chi connectivity index (χ2v) is 6.58. The number of benzene rings is 1. The molecule has 0 fully saturated rings. The molecule has 0 aromatic heterocycles. The molecule has 1 rings (SSSR count). The number of ether oxygens (including phenoxy) is 3. The fourth-order valence-electron chi connectivity index (χ4n) is 2.07. The summed E-state index contributed by atoms with van der Waals surface area (Å²) in [5.74, 6) is 2.15. The number of halogens is 3. The van der Waals surface area contributed by atoms with Gasteiger partial charge in [-0.15, -0.1) is 0 Å². The highest BCUT2D eigenvalue weighted by atomic mass is 127. The van der Waals surface area contributed by atoms with E-state index in [2.05, 4.69) is 73.1 Å². The topological polar surface area (TPSA) is 65.7 Å². The fraction of sp³-hybridized carbons (Fsp3) is 0.600. The maximum Gasteiger partial charge on any atom is 0.204 e. The van der Waals surface area contributed by atoms with Crippen molar-refractivity contribution in [1.29, 1.82) is 0 Å². The summed E-state index contributed by atoms with van der Waals surface area (Å²) >= 11 is 6.53. The molecule has 1 aromatic rings. The summed E-state index contributed by atoms with van der Waals surface area (Å²) in [6, 6.07) is 4.04. The molecule has 0 aliphatic heterocycles. The molecule has 3 N–H and O–H groups in total. The molecule has 0 radical (unpaired) electrons. The van der Waals surface area contributed by atoms with E-state index < -0.39 is 0 Å². The fourth-order valence-corrected chi connectivity index (χ4v) is 3.05. The summed E-state index contributed by atoms with van der Waals surface area (Å²) in [5, 5.41) is 3.45. The third-order valence-electron chi connectivity index (χ3n) is 3.09. The van der Waals surface area contributed by atoms with Gasteiger partial charge in [-0.25, -0.2) is 0 Å². The number of unbranched alkanes of at least 4 members (excludes halogenated alkanes) is 2. The Morgan fingerprint density at radius 1 is 0.870 bits per heavy atom. The van der Waals surface area contributed by atoms with E-state index in [9.17, 15) is 0 Å². The number of hydrogen-bond donors (Lipinski definition) is 2. The van der Waals surface area contributed by atoms with E-state index in [0.717, 1.165) is 49.5 Å². The van der Waals surface area contributed by atoms with Gasteiger partial charge in [-0.1, -0.05) is 6.42 Å². The Morgan fingerprint density at radius 2 is 1.48 bits per heavy atom. The number of alkyl halides is 3. The summed E-state index contributed by atoms with van der Waals surface area (Å²) in [7, 11) is 0. The quantitative estimate of drug-likeness (QED) is 0.189. The number of nitrogens with two attached hydrogens (primary N) is 1. The average molecular weight is 660 g/mol. The maximum atomic E-state index is 5.71. The summed E-state index contributed by atoms with van der Waals surface area (Å²) in [6.07, 6.45) is 3.39. The molecular formula is C15H23I3N2O3. The van der Waals surface area contributed by atoms with Crippen LogP contribution in [0.15, 0.2) is 12.1 Å². The van der Waals surface area contributed by atoms with Crippen LogP contribution in [0.2, 0.25) is 0 Å². The predicted molar refractivity (Wildman–Crippen MR) is 120 cm³/mol. The summed E-state index contributed by atoms with van der Waals surface area (Å²) in [5.41, 5.74) is 6.63. The molecule has 0 saturated heterocycles. The van der Waals surface area contributed by atoms with E-state index in [-0.39, 0.29) is 0 Å². The highest BCUT2D eigenvalue weighted by Gasteiger charge is 2.15. The summed E-state index contributed by atoms with van der Waals surface area (Å²) in [4.78, 5) is 0. The lowest BCUT2D eigenvalue weighted by Crippen LogP contribution is -2.15. The first kappa shape index (κ1) is 21.8. The van der Waals surface area contributed by atoms with Crippen molar-refractivity contribution in [3.8, 4) is 17.2 Å². The summed E-state index contributed by atoms with van der Waals surface area (Å²) < 4.78 is 18.8. The Morgan fingerprint density at radius 3 is 2.00 bits per heavy atom. The minimum atomic E-state index is 0.547. The Hall–Kier alpha value is 0.730. The lowest BCUT2D eigenvalue weighted by Gasteiger charge is -2.16. The molecule has 0 heterocycles. The van der Waals surface area contributed by atoms with Crippen molar-refractivity contribution in [1.82, 2.24) is 5.32 Å². The first-order valence-electron chi connectivity index (χ1n) is 7.40. The molecule has 0 unspecified atom stereocenters. The van der Waals surface area contributed by atoms with E-state index in [1.54, 1.807) is 0 Å². The molecule has 0 atom stereocenters. The van der Waals surface area contributed by atoms with Crippen LogP contribution in [0.3, 0.4) is 0 Å². The van der Waals surface area contributed by atoms with Crippen LogP contribution in [0.4, 0.5) is 0 Å². The molecular weight excluding hydrogens is 637 g/mol. The molecule has 0 saturated carbocycles. The molecule has 132 valence electrons. The zero-order valence-corrected chi connectivity index (χ0v) is 19.4. The van der Waals surface area contributed by atoms with Crippen LogP contribution in [0.5, 0.6) is 17.2 Å². The largest absolute Gasteiger partial charge is 0.479 e. The van der Waals surface area contributed by atoms with E-state index in [0.29, 0.717) is 19.6 Å². The Labute approximate surface area is 179 Å². The highest BCUT2D eigenvalue weighted by molar-refractivity contribution is 14.1. The lowest BCUT2D eigenvalue weighted by atomic mass is 10.1. The molecule has 1 aromatic carbocycles. The van der Waals surface area contributed by atoms with Crippen molar-refractivity contribution in [2.24, 2.45) is 5.73 Å². The molecule has 0 aliphatic carbocycles. The normalized spacial score (nSPS) is 10.6. The molecule has 0 bridgehead atoms. The maximum absolute atomic E-state index is 5.71. The predicted octanol–water partition coefficient (Wildman–Crippen LogP) is 4.22. The monoisotopic (exact) mass is 660 g/mol. The van der Waals surface area contributed by atoms with E-state index >= 15 is 0 Å². The minimum Gasteiger partial charge on any atom is -0.479 e. The molecule has 23 heavy (non-hydrogen) atoms. The number of nitrogens with one attached hydrogen (secondary N) is 1. The van der Waals surface area contributed by atoms with Crippen LogP contribution in [0.25, 0.3) is 0 Å². The lowest BCUT2D eigenvalue weighted by molar-refractivity contribution is 0.314. The van der Waals surface area contributed by atoms with Crippen molar-refractivity contribution in [3.05, 3.63) is 17.7 Å². The van der Waals surface area contributed by atoms with Gasteiger partial charge >= 0.3 is 0 Å². The number of rotatable bonds is 13. The van der Waals surface area contributed by atoms with Gasteiger partial charge < -0.3 is 25.3 Å². The zero-order valence-electron chi connectivity index (χ0n) is 13.0. The van der Waals surface area contributed by atoms with Gasteiger partial charge in [-0.05, 0) is 111 Å². The van der Waals surface area contributed by atoms with Gasteiger partial charge in [-0.3, -0.25) is 0 Å². The minimum absolute atomic E-state index is 0.547. The first-order chi connectivity index (χ1) is 11.3. The summed E-state index contributed by atoms with van der Waals surface area (Å²) in [6.45, 7) is 2.53. The van der Waals surface area contributed by atoms with E-state index in [4.69, 9.17) is 19.9 Å². The van der Waals surface area contributed by atoms with Crippen molar-refractivity contribution < 1.29 is 14.2 Å². The number of hydrogen-bond acceptors (Lipinski definition) is 5. The smallest absolute Gasteiger partial charge is 0.204 e. The van der Waals surface area contributed by atoms with Gasteiger partial charge in [-0.2, -0.15) is 0 Å². The van der Waals surface area contributed by atoms with Gasteiger partial charge in [0, 0.05) is 6.54 Å². The molecule has 8 heteroatoms. The van der Waals surface area contributed by atoms with E-state index in [1.165, 1.54) is 6.42 Å². The standard InChI is InChI=1S/C15H23I3N2O3/c16-9-21-13-6-12(8-20-5-3-1-2-4-19)7-14(22-10-17)15(13)23-11-18/h6-7,20H,1-5,8-11,19H2. The van der Waals surface area contributed by atoms with Crippen LogP contribution >= 0.6 is 67.8 Å². The third kappa shape index (κ3) is 8.59. The highest BCUT2D eigenvalue weighted by Crippen LogP contribution is 2.39. The van der Waals surface area contributed by atoms with Crippen molar-refractivity contribution in [2.45, 2.75) is 25.8 Å². The van der Waals surface area contributed by atoms with Gasteiger partial charge in [0.05, 0.1) is 0 Å². The van der Waals surface area contributed by atoms with Crippen LogP contribution < -0.4 is 25.3 Å². The van der Waals surface area contributed by atoms with Crippen molar-refractivity contribution >= 4 is 67.8 Å². The molecule has 0 spiro atoms. The van der Waals surface area contributed by atoms with Crippen molar-refractivity contribution in [2.75, 3.05) is 26.9 Å². The van der Waals surface area contributed by atoms with Crippen LogP contribution in [-0.4, -0.2) is 26.9 Å². The van der Waals surface area contributed by atoms with Crippen molar-refractivity contribution in [3.63, 3.8) is 0 Å². The second-order valence-electron chi connectivity index (χ2n) is 4.71. The van der Waals surface area contributed by atoms with Gasteiger partial charge in [0.2, 0.25) is 5.75 Å². The van der Waals surface area contributed by atoms with Crippen LogP contribution in [0.1, 0.15) is 24.8 Å². The van der Waals surface area contributed by atoms with E-state index in [1.807, 2.05) is 12.1 Å². The average Bonchev–Trinajstić information content (AvgIpc) is 2.54. The molecule has 5 nitrogen and oxygen atoms in total. The van der Waals surface area contributed by atoms with Gasteiger partial charge in [0.15, 0.2) is 11.5 Å². The molecule has 0 amide bonds. The van der Waals surface area contributed by atoms with Crippen LogP contribution in [-0.2, 0) is 6.54 Å². The van der Waals surface area contributed by atoms with Gasteiger partial charge in [0.1, 0.15) is 13.8 Å².